The van der Waals surface area contributed by atoms with Gasteiger partial charge in [0, 0.05) is 28.7 Å². The molecule has 0 fully saturated rings. The van der Waals surface area contributed by atoms with Crippen LogP contribution in [0.1, 0.15) is 70.0 Å². The van der Waals surface area contributed by atoms with E-state index < -0.39 is 17.4 Å². The Bertz CT molecular complexity index is 1630. The van der Waals surface area contributed by atoms with E-state index >= 15 is 0 Å². The number of nitrogens with zero attached hydrogens (tertiary/aromatic N) is 1. The molecule has 0 aliphatic heterocycles. The summed E-state index contributed by atoms with van der Waals surface area (Å²) in [5.74, 6) is -1.02. The van der Waals surface area contributed by atoms with Gasteiger partial charge < -0.3 is 19.5 Å². The number of ether oxygens (including phenoxy) is 2. The van der Waals surface area contributed by atoms with Crippen LogP contribution in [0.5, 0.6) is 11.5 Å². The van der Waals surface area contributed by atoms with Gasteiger partial charge in [0.15, 0.2) is 5.75 Å². The van der Waals surface area contributed by atoms with Crippen LogP contribution >= 0.6 is 11.3 Å². The van der Waals surface area contributed by atoms with Crippen LogP contribution in [-0.2, 0) is 11.2 Å². The van der Waals surface area contributed by atoms with Gasteiger partial charge in [-0.15, -0.1) is 11.3 Å². The molecule has 0 bridgehead atoms. The van der Waals surface area contributed by atoms with Crippen LogP contribution in [0.4, 0.5) is 9.18 Å². The molecule has 0 aliphatic carbocycles. The number of thiophene rings is 1. The second-order valence-corrected chi connectivity index (χ2v) is 12.1. The van der Waals surface area contributed by atoms with Gasteiger partial charge in [-0.3, -0.25) is 4.79 Å². The number of carbonyl (C=O) groups excluding carboxylic acids is 2. The number of likely N-dealkylation sites (N-methyl/N-ethyl adjacent to an activating group) is 1. The molecule has 220 valence electrons. The van der Waals surface area contributed by atoms with Gasteiger partial charge in [-0.2, -0.15) is 0 Å². The molecule has 9 heteroatoms. The van der Waals surface area contributed by atoms with Crippen molar-refractivity contribution in [2.24, 2.45) is 0 Å². The zero-order valence-electron chi connectivity index (χ0n) is 24.5. The maximum absolute atomic E-state index is 14.0. The first-order valence-corrected chi connectivity index (χ1v) is 14.4. The lowest BCUT2D eigenvalue weighted by molar-refractivity contribution is 0.0262. The van der Waals surface area contributed by atoms with Gasteiger partial charge in [0.05, 0.1) is 5.56 Å². The third-order valence-corrected chi connectivity index (χ3v) is 7.80. The van der Waals surface area contributed by atoms with E-state index in [2.05, 4.69) is 0 Å². The molecule has 4 rings (SSSR count). The number of benzene rings is 3. The van der Waals surface area contributed by atoms with Crippen molar-refractivity contribution in [2.45, 2.75) is 53.6 Å². The topological polar surface area (TPSA) is 93.1 Å². The molecule has 0 unspecified atom stereocenters. The lowest BCUT2D eigenvalue weighted by Crippen LogP contribution is -2.37. The molecule has 0 atom stereocenters. The molecule has 0 aliphatic rings. The van der Waals surface area contributed by atoms with E-state index in [1.165, 1.54) is 24.3 Å². The number of carboxylic acid groups (broad SMARTS) is 1. The van der Waals surface area contributed by atoms with Gasteiger partial charge in [-0.1, -0.05) is 12.1 Å². The Morgan fingerprint density at radius 1 is 0.976 bits per heavy atom. The normalized spacial score (nSPS) is 11.4. The number of fused-ring (bicyclic) bond motifs is 1. The van der Waals surface area contributed by atoms with Crippen LogP contribution in [0.3, 0.4) is 0 Å². The lowest BCUT2D eigenvalue weighted by atomic mass is 9.97. The van der Waals surface area contributed by atoms with E-state index in [0.29, 0.717) is 62.7 Å². The highest BCUT2D eigenvalue weighted by atomic mass is 32.1. The van der Waals surface area contributed by atoms with Crippen molar-refractivity contribution in [3.05, 3.63) is 93.1 Å². The van der Waals surface area contributed by atoms with E-state index in [0.717, 1.165) is 16.9 Å². The maximum Gasteiger partial charge on any atom is 0.410 e. The highest BCUT2D eigenvalue weighted by Crippen LogP contribution is 2.42. The predicted molar refractivity (Wildman–Crippen MR) is 162 cm³/mol. The number of rotatable bonds is 9. The Kier molecular flexibility index (Phi) is 9.01. The van der Waals surface area contributed by atoms with Crippen LogP contribution < -0.4 is 4.74 Å². The Balaban J connectivity index is 1.63. The Labute approximate surface area is 248 Å². The highest BCUT2D eigenvalue weighted by Gasteiger charge is 2.26. The Hall–Kier alpha value is -4.24. The molecule has 1 N–H and O–H groups in total. The Morgan fingerprint density at radius 2 is 1.62 bits per heavy atom. The average Bonchev–Trinajstić information content (AvgIpc) is 3.25. The average molecular weight is 592 g/mol. The van der Waals surface area contributed by atoms with E-state index in [4.69, 9.17) is 9.47 Å². The van der Waals surface area contributed by atoms with Crippen molar-refractivity contribution >= 4 is 39.3 Å². The van der Waals surface area contributed by atoms with Gasteiger partial charge in [-0.25, -0.2) is 14.0 Å². The van der Waals surface area contributed by atoms with E-state index in [9.17, 15) is 23.9 Å². The summed E-state index contributed by atoms with van der Waals surface area (Å²) in [6.07, 6.45) is 0.253. The molecular weight excluding hydrogens is 557 g/mol. The molecule has 0 spiro atoms. The fourth-order valence-electron chi connectivity index (χ4n) is 4.65. The van der Waals surface area contributed by atoms with E-state index in [-0.39, 0.29) is 17.4 Å². The number of carboxylic acids is 1. The summed E-state index contributed by atoms with van der Waals surface area (Å²) >= 11 is 1.14. The predicted octanol–water partition coefficient (Wildman–Crippen LogP) is 8.18. The number of aryl methyl sites for hydroxylation is 2. The van der Waals surface area contributed by atoms with E-state index in [1.54, 1.807) is 36.9 Å². The number of ketones is 1. The van der Waals surface area contributed by atoms with Gasteiger partial charge >= 0.3 is 12.1 Å². The molecule has 3 aromatic carbocycles. The summed E-state index contributed by atoms with van der Waals surface area (Å²) in [5.41, 5.74) is 1.90. The van der Waals surface area contributed by atoms with Gasteiger partial charge in [0.1, 0.15) is 22.0 Å². The first-order valence-electron chi connectivity index (χ1n) is 13.6. The molecule has 1 heterocycles. The molecule has 1 aromatic heterocycles. The molecule has 4 aromatic rings. The molecule has 0 radical (unpaired) electrons. The van der Waals surface area contributed by atoms with Crippen molar-refractivity contribution in [1.29, 1.82) is 0 Å². The van der Waals surface area contributed by atoms with Crippen LogP contribution in [0, 0.1) is 19.7 Å². The number of hydrogen-bond donors (Lipinski definition) is 1. The summed E-state index contributed by atoms with van der Waals surface area (Å²) in [4.78, 5) is 39.8. The van der Waals surface area contributed by atoms with Crippen molar-refractivity contribution in [1.82, 2.24) is 4.90 Å². The van der Waals surface area contributed by atoms with Crippen LogP contribution in [-0.4, -0.2) is 46.5 Å². The number of hydrogen-bond acceptors (Lipinski definition) is 6. The van der Waals surface area contributed by atoms with Crippen LogP contribution in [0.2, 0.25) is 0 Å². The first kappa shape index (κ1) is 30.7. The standard InChI is InChI=1S/C33H34FNO6S/c1-7-35(32(39)41-33(4,5)6)15-14-21-8-11-24(12-9-21)40-29-25-13-10-22(31(37)38)18-26(25)42-30(29)28(36)27-19(2)16-23(34)17-20(27)3/h8-13,16-18H,7,14-15H2,1-6H3,(H,37,38). The summed E-state index contributed by atoms with van der Waals surface area (Å²) in [6.45, 7) is 11.8. The molecule has 7 nitrogen and oxygen atoms in total. The van der Waals surface area contributed by atoms with Crippen molar-refractivity contribution < 1.29 is 33.4 Å². The number of halogens is 1. The first-order chi connectivity index (χ1) is 19.8. The van der Waals surface area contributed by atoms with Gasteiger partial charge in [-0.05, 0) is 107 Å². The zero-order valence-corrected chi connectivity index (χ0v) is 25.4. The second kappa shape index (κ2) is 12.3. The molecule has 0 saturated carbocycles. The third kappa shape index (κ3) is 6.97. The number of aromatic carboxylic acids is 1. The minimum Gasteiger partial charge on any atom is -0.478 e. The van der Waals surface area contributed by atoms with Crippen LogP contribution in [0.25, 0.3) is 10.1 Å². The second-order valence-electron chi connectivity index (χ2n) is 11.1. The van der Waals surface area contributed by atoms with Crippen molar-refractivity contribution in [2.75, 3.05) is 13.1 Å². The SMILES string of the molecule is CCN(CCc1ccc(Oc2c(C(=O)c3c(C)cc(F)cc3C)sc3cc(C(=O)O)ccc23)cc1)C(=O)OC(C)(C)C. The third-order valence-electron chi connectivity index (χ3n) is 6.67. The zero-order chi connectivity index (χ0) is 30.8. The van der Waals surface area contributed by atoms with E-state index in [1.807, 2.05) is 39.8 Å². The monoisotopic (exact) mass is 591 g/mol. The van der Waals surface area contributed by atoms with Gasteiger partial charge in [0.2, 0.25) is 5.78 Å². The lowest BCUT2D eigenvalue weighted by Gasteiger charge is -2.26. The summed E-state index contributed by atoms with van der Waals surface area (Å²) < 4.78 is 26.3. The fraction of sp³-hybridized carbons (Fsp3) is 0.303. The number of amides is 1. The molecular formula is C33H34FNO6S. The summed E-state index contributed by atoms with van der Waals surface area (Å²) in [7, 11) is 0. The molecule has 0 saturated heterocycles. The quantitative estimate of drug-likeness (QED) is 0.197. The molecule has 1 amide bonds. The van der Waals surface area contributed by atoms with Crippen molar-refractivity contribution in [3.8, 4) is 11.5 Å². The molecule has 42 heavy (non-hydrogen) atoms. The Morgan fingerprint density at radius 3 is 2.19 bits per heavy atom. The van der Waals surface area contributed by atoms with Crippen molar-refractivity contribution in [3.63, 3.8) is 0 Å². The number of carbonyl (C=O) groups is 3. The summed E-state index contributed by atoms with van der Waals surface area (Å²) in [6, 6.07) is 14.6. The minimum atomic E-state index is -1.07. The smallest absolute Gasteiger partial charge is 0.410 e. The fourth-order valence-corrected chi connectivity index (χ4v) is 5.77. The largest absolute Gasteiger partial charge is 0.478 e. The highest BCUT2D eigenvalue weighted by molar-refractivity contribution is 7.21. The van der Waals surface area contributed by atoms with Gasteiger partial charge in [0.25, 0.3) is 0 Å². The summed E-state index contributed by atoms with van der Waals surface area (Å²) in [5, 5.41) is 10.1. The minimum absolute atomic E-state index is 0.0975. The maximum atomic E-state index is 14.0. The van der Waals surface area contributed by atoms with Crippen LogP contribution in [0.15, 0.2) is 54.6 Å².